The number of Topliss-reactive ketones (excluding diaryl/α,β-unsaturated/α-hetero) is 1. The molecule has 6 heterocycles. The fourth-order valence-corrected chi connectivity index (χ4v) is 11.3. The van der Waals surface area contributed by atoms with Gasteiger partial charge in [0.05, 0.1) is 60.9 Å². The molecule has 6 rings (SSSR count). The van der Waals surface area contributed by atoms with Crippen molar-refractivity contribution < 1.29 is 62.8 Å². The average molecular weight is 849 g/mol. The third kappa shape index (κ3) is 9.66. The van der Waals surface area contributed by atoms with Crippen LogP contribution in [0, 0.1) is 41.4 Å². The number of rotatable bonds is 12. The van der Waals surface area contributed by atoms with Gasteiger partial charge in [-0.3, -0.25) is 9.59 Å². The number of carbonyl (C=O) groups excluding carboxylic acids is 1. The van der Waals surface area contributed by atoms with Crippen LogP contribution in [0.1, 0.15) is 134 Å². The molecule has 0 saturated carbocycles. The van der Waals surface area contributed by atoms with Gasteiger partial charge in [0.1, 0.15) is 0 Å². The Morgan fingerprint density at radius 3 is 2.23 bits per heavy atom. The second kappa shape index (κ2) is 18.4. The van der Waals surface area contributed by atoms with Crippen LogP contribution in [-0.2, 0) is 47.5 Å². The van der Waals surface area contributed by atoms with Crippen molar-refractivity contribution in [1.82, 2.24) is 0 Å². The van der Waals surface area contributed by atoms with Gasteiger partial charge in [-0.25, -0.2) is 0 Å². The number of aliphatic hydroxyl groups excluding tert-OH is 1. The lowest BCUT2D eigenvalue weighted by molar-refractivity contribution is -0.372. The summed E-state index contributed by atoms with van der Waals surface area (Å²) in [7, 11) is 1.71. The molecule has 0 aromatic carbocycles. The van der Waals surface area contributed by atoms with Crippen molar-refractivity contribution in [3.05, 3.63) is 23.3 Å². The maximum Gasteiger partial charge on any atom is 0.310 e. The molecule has 0 amide bonds. The molecular formula is C47H76O13. The molecule has 0 bridgehead atoms. The molecule has 13 heteroatoms. The minimum absolute atomic E-state index is 0.0256. The summed E-state index contributed by atoms with van der Waals surface area (Å²) < 4.78 is 53.0. The lowest BCUT2D eigenvalue weighted by atomic mass is 9.78. The fourth-order valence-electron chi connectivity index (χ4n) is 11.3. The summed E-state index contributed by atoms with van der Waals surface area (Å²) in [6.45, 7) is 21.5. The van der Waals surface area contributed by atoms with Crippen LogP contribution in [0.4, 0.5) is 0 Å². The van der Waals surface area contributed by atoms with E-state index < -0.39 is 53.2 Å². The smallest absolute Gasteiger partial charge is 0.310 e. The van der Waals surface area contributed by atoms with E-state index in [2.05, 4.69) is 20.8 Å². The number of ether oxygens (including phenoxy) is 8. The molecule has 342 valence electrons. The summed E-state index contributed by atoms with van der Waals surface area (Å²) in [5, 5.41) is 32.2. The molecule has 3 N–H and O–H groups in total. The molecule has 13 nitrogen and oxygen atoms in total. The normalized spacial score (nSPS) is 47.7. The van der Waals surface area contributed by atoms with Gasteiger partial charge >= 0.3 is 5.97 Å². The van der Waals surface area contributed by atoms with E-state index in [0.29, 0.717) is 49.9 Å². The highest BCUT2D eigenvalue weighted by atomic mass is 16.8. The summed E-state index contributed by atoms with van der Waals surface area (Å²) >= 11 is 0. The van der Waals surface area contributed by atoms with Crippen molar-refractivity contribution in [2.24, 2.45) is 41.4 Å². The number of carbonyl (C=O) groups is 2. The number of hydrogen-bond donors (Lipinski definition) is 3. The number of carboxylic acids is 1. The molecule has 6 fully saturated rings. The van der Waals surface area contributed by atoms with Gasteiger partial charge in [0.25, 0.3) is 0 Å². The van der Waals surface area contributed by atoms with Crippen LogP contribution < -0.4 is 0 Å². The van der Waals surface area contributed by atoms with E-state index >= 15 is 0 Å². The lowest BCUT2D eigenvalue weighted by Crippen LogP contribution is -2.59. The number of hydrogen-bond acceptors (Lipinski definition) is 12. The van der Waals surface area contributed by atoms with Crippen molar-refractivity contribution in [2.75, 3.05) is 13.7 Å². The van der Waals surface area contributed by atoms with E-state index in [1.807, 2.05) is 33.8 Å². The van der Waals surface area contributed by atoms with Gasteiger partial charge in [-0.05, 0) is 91.2 Å². The van der Waals surface area contributed by atoms with Crippen molar-refractivity contribution in [1.29, 1.82) is 0 Å². The molecule has 19 atom stereocenters. The third-order valence-electron chi connectivity index (χ3n) is 15.4. The predicted octanol–water partition coefficient (Wildman–Crippen LogP) is 7.10. The standard InChI is InChI=1S/C47H76O13/c1-25(40(49)26(2)20-28(4)43(50)51)19-27(3)41-32(8)35(48)23-46(59-41)18-17-44(10,60-46)38-15-13-29(5)47(57-38)31(7)22-37(56-47)42-34(21-30(6)45(11,52)58-42)24-54-39-16-14-36(53-12)33(9)55-39/h19-20,27-39,41-42,48,52H,13-18,21-24H2,1-12H3,(H,50,51)/b25-19+,26-20+/t27-,28-,29+,30+,31-,32+,33+,34+,35-,36-,37+,38+,39+,41+,42-,44-,45-,46+,47+/m0/s1. The minimum Gasteiger partial charge on any atom is -0.481 e. The Bertz CT molecular complexity index is 1600. The third-order valence-corrected chi connectivity index (χ3v) is 15.4. The van der Waals surface area contributed by atoms with Gasteiger partial charge in [0.15, 0.2) is 29.4 Å². The first-order valence-corrected chi connectivity index (χ1v) is 22.8. The van der Waals surface area contributed by atoms with Crippen LogP contribution in [-0.4, -0.2) is 113 Å². The second-order valence-electron chi connectivity index (χ2n) is 20.1. The number of aliphatic carboxylic acids is 1. The quantitative estimate of drug-likeness (QED) is 0.170. The highest BCUT2D eigenvalue weighted by molar-refractivity contribution is 6.07. The van der Waals surface area contributed by atoms with E-state index in [4.69, 9.17) is 37.9 Å². The van der Waals surface area contributed by atoms with Gasteiger partial charge in [0.2, 0.25) is 0 Å². The summed E-state index contributed by atoms with van der Waals surface area (Å²) in [6.07, 6.45) is 7.09. The molecular weight excluding hydrogens is 773 g/mol. The molecule has 6 aliphatic heterocycles. The van der Waals surface area contributed by atoms with Gasteiger partial charge in [0, 0.05) is 61.9 Å². The number of aliphatic hydroxyl groups is 2. The maximum absolute atomic E-state index is 13.2. The number of carboxylic acid groups (broad SMARTS) is 1. The molecule has 60 heavy (non-hydrogen) atoms. The molecule has 0 aromatic rings. The molecule has 6 saturated heterocycles. The van der Waals surface area contributed by atoms with Crippen molar-refractivity contribution in [3.63, 3.8) is 0 Å². The Hall–Kier alpha value is -1.78. The second-order valence-corrected chi connectivity index (χ2v) is 20.1. The highest BCUT2D eigenvalue weighted by Gasteiger charge is 2.63. The minimum atomic E-state index is -1.32. The maximum atomic E-state index is 13.2. The Balaban J connectivity index is 1.14. The first-order chi connectivity index (χ1) is 28.0. The van der Waals surface area contributed by atoms with Crippen LogP contribution in [0.15, 0.2) is 23.3 Å². The van der Waals surface area contributed by atoms with E-state index in [1.54, 1.807) is 34.8 Å². The Labute approximate surface area is 358 Å². The fraction of sp³-hybridized carbons (Fsp3) is 0.872. The number of allylic oxidation sites excluding steroid dienone is 2. The number of ketones is 1. The topological polar surface area (TPSA) is 169 Å². The zero-order valence-electron chi connectivity index (χ0n) is 38.3. The van der Waals surface area contributed by atoms with E-state index in [1.165, 1.54) is 6.08 Å². The van der Waals surface area contributed by atoms with Crippen molar-refractivity contribution in [3.8, 4) is 0 Å². The monoisotopic (exact) mass is 849 g/mol. The summed E-state index contributed by atoms with van der Waals surface area (Å²) in [5.74, 6) is -5.67. The van der Waals surface area contributed by atoms with Crippen LogP contribution in [0.5, 0.6) is 0 Å². The van der Waals surface area contributed by atoms with E-state index in [-0.39, 0.29) is 72.0 Å². The molecule has 0 aliphatic carbocycles. The average Bonchev–Trinajstić information content (AvgIpc) is 3.69. The summed E-state index contributed by atoms with van der Waals surface area (Å²) in [6, 6.07) is 0. The van der Waals surface area contributed by atoms with Crippen LogP contribution in [0.3, 0.4) is 0 Å². The molecule has 0 aromatic heterocycles. The SMILES string of the molecule is CO[C@H]1CC[C@H](OC[C@H]2C[C@@H](C)[C@@](C)(O)O[C@@H]2[C@H]2C[C@H](C)[C@]3(O2)O[C@@H]([C@]2(C)CC[C@]4(C[C@H](O)[C@@H](C)[C@@H]([C@@H](C)/C=C(\C)C(=O)/C(C)=C/[C@H](C)C(=O)O)O4)O2)CC[C@H]3C)O[C@@H]1C. The summed E-state index contributed by atoms with van der Waals surface area (Å²) in [4.78, 5) is 24.6. The van der Waals surface area contributed by atoms with Crippen LogP contribution in [0.25, 0.3) is 0 Å². The first-order valence-electron chi connectivity index (χ1n) is 22.8. The van der Waals surface area contributed by atoms with Crippen LogP contribution >= 0.6 is 0 Å². The molecule has 0 unspecified atom stereocenters. The Kier molecular flexibility index (Phi) is 14.6. The zero-order chi connectivity index (χ0) is 44.1. The Morgan fingerprint density at radius 2 is 1.57 bits per heavy atom. The van der Waals surface area contributed by atoms with Crippen molar-refractivity contribution in [2.45, 2.75) is 206 Å². The van der Waals surface area contributed by atoms with E-state index in [9.17, 15) is 24.9 Å². The molecule has 0 radical (unpaired) electrons. The molecule has 2 spiro atoms. The van der Waals surface area contributed by atoms with Crippen LogP contribution in [0.2, 0.25) is 0 Å². The van der Waals surface area contributed by atoms with Gasteiger partial charge in [-0.1, -0.05) is 46.8 Å². The van der Waals surface area contributed by atoms with Crippen molar-refractivity contribution >= 4 is 11.8 Å². The van der Waals surface area contributed by atoms with Gasteiger partial charge in [-0.15, -0.1) is 0 Å². The lowest BCUT2D eigenvalue weighted by Gasteiger charge is -2.51. The Morgan fingerprint density at radius 1 is 0.867 bits per heavy atom. The predicted molar refractivity (Wildman–Crippen MR) is 222 cm³/mol. The first kappa shape index (κ1) is 47.7. The van der Waals surface area contributed by atoms with E-state index in [0.717, 1.165) is 25.7 Å². The van der Waals surface area contributed by atoms with Gasteiger partial charge in [-0.2, -0.15) is 0 Å². The zero-order valence-corrected chi connectivity index (χ0v) is 38.3. The van der Waals surface area contributed by atoms with Gasteiger partial charge < -0.3 is 53.2 Å². The number of methoxy groups -OCH3 is 1. The highest BCUT2D eigenvalue weighted by Crippen LogP contribution is 2.56. The summed E-state index contributed by atoms with van der Waals surface area (Å²) in [5.41, 5.74) is 0.158. The molecule has 6 aliphatic rings. The largest absolute Gasteiger partial charge is 0.481 e.